The minimum absolute atomic E-state index is 0.0882. The van der Waals surface area contributed by atoms with Crippen LogP contribution in [-0.4, -0.2) is 5.92 Å². The lowest BCUT2D eigenvalue weighted by Crippen LogP contribution is -2.06. The zero-order valence-corrected chi connectivity index (χ0v) is 14.9. The van der Waals surface area contributed by atoms with Gasteiger partial charge in [-0.05, 0) is 22.3 Å². The van der Waals surface area contributed by atoms with Crippen molar-refractivity contribution in [1.82, 2.24) is 0 Å². The minimum Gasteiger partial charge on any atom is -0.205 e. The molecule has 0 aliphatic heterocycles. The van der Waals surface area contributed by atoms with Crippen LogP contribution in [0.25, 0.3) is 0 Å². The van der Waals surface area contributed by atoms with E-state index in [0.717, 1.165) is 16.7 Å². The summed E-state index contributed by atoms with van der Waals surface area (Å²) in [5.74, 6) is -4.00. The van der Waals surface area contributed by atoms with Gasteiger partial charge in [-0.25, -0.2) is 8.78 Å². The van der Waals surface area contributed by atoms with Gasteiger partial charge in [0.05, 0.1) is 11.8 Å². The first-order valence-corrected chi connectivity index (χ1v) is 8.49. The molecule has 1 saturated carbocycles. The largest absolute Gasteiger partial charge is 0.263 e. The van der Waals surface area contributed by atoms with Crippen molar-refractivity contribution in [3.63, 3.8) is 0 Å². The van der Waals surface area contributed by atoms with E-state index in [1.807, 2.05) is 58.9 Å². The van der Waals surface area contributed by atoms with Gasteiger partial charge in [0.2, 0.25) is 0 Å². The van der Waals surface area contributed by atoms with Crippen molar-refractivity contribution >= 4 is 0 Å². The zero-order valence-electron chi connectivity index (χ0n) is 14.9. The van der Waals surface area contributed by atoms with Gasteiger partial charge in [0, 0.05) is 5.92 Å². The van der Waals surface area contributed by atoms with E-state index in [9.17, 15) is 8.78 Å². The molecule has 1 aromatic rings. The molecule has 2 heteroatoms. The highest BCUT2D eigenvalue weighted by molar-refractivity contribution is 5.56. The third-order valence-electron chi connectivity index (χ3n) is 4.43. The Bertz CT molecular complexity index is 596. The molecular formula is C21H28F2. The lowest BCUT2D eigenvalue weighted by atomic mass is 9.87. The van der Waals surface area contributed by atoms with Crippen LogP contribution in [0, 0.1) is 5.92 Å². The lowest BCUT2D eigenvalue weighted by molar-refractivity contribution is 0.0989. The second-order valence-electron chi connectivity index (χ2n) is 5.30. The Balaban J connectivity index is 0.000000615. The number of halogens is 2. The second-order valence-corrected chi connectivity index (χ2v) is 5.30. The molecule has 3 rings (SSSR count). The first kappa shape index (κ1) is 19.3. The number of alkyl halides is 2. The third-order valence-corrected chi connectivity index (χ3v) is 4.43. The molecule has 23 heavy (non-hydrogen) atoms. The maximum atomic E-state index is 14.1. The highest BCUT2D eigenvalue weighted by Gasteiger charge is 2.70. The van der Waals surface area contributed by atoms with Crippen molar-refractivity contribution in [1.29, 1.82) is 0 Å². The molecule has 0 nitrogen and oxygen atoms in total. The molecule has 0 radical (unpaired) electrons. The summed E-state index contributed by atoms with van der Waals surface area (Å²) in [5, 5.41) is 0. The molecular weight excluding hydrogens is 290 g/mol. The second kappa shape index (κ2) is 7.72. The van der Waals surface area contributed by atoms with Crippen LogP contribution in [0.15, 0.2) is 60.7 Å². The van der Waals surface area contributed by atoms with Gasteiger partial charge < -0.3 is 0 Å². The Morgan fingerprint density at radius 3 is 1.83 bits per heavy atom. The molecule has 0 heterocycles. The zero-order chi connectivity index (χ0) is 17.8. The molecule has 126 valence electrons. The van der Waals surface area contributed by atoms with Crippen LogP contribution < -0.4 is 0 Å². The van der Waals surface area contributed by atoms with Crippen molar-refractivity contribution in [2.75, 3.05) is 0 Å². The van der Waals surface area contributed by atoms with E-state index in [2.05, 4.69) is 13.2 Å². The standard InChI is InChI=1S/C17H16F2.2C2H6/c1-4-11-10(3)13-8-6-7-9-14(13)16-15(12(11)5-2)17(16,18)19;2*1-2/h4-10,15-16H,1-2H2,3H3;2*1-2H3/t10-,15?,16?;;/m0../s1. The fraction of sp³-hybridized carbons (Fsp3) is 0.429. The number of benzene rings is 1. The Hall–Kier alpha value is -1.70. The maximum absolute atomic E-state index is 14.1. The van der Waals surface area contributed by atoms with Crippen LogP contribution in [0.3, 0.4) is 0 Å². The smallest absolute Gasteiger partial charge is 0.205 e. The van der Waals surface area contributed by atoms with E-state index in [4.69, 9.17) is 0 Å². The predicted molar refractivity (Wildman–Crippen MR) is 96.2 cm³/mol. The average Bonchev–Trinajstić information content (AvgIpc) is 3.19. The Kier molecular flexibility index (Phi) is 6.49. The fourth-order valence-electron chi connectivity index (χ4n) is 3.43. The van der Waals surface area contributed by atoms with Crippen molar-refractivity contribution in [2.24, 2.45) is 5.92 Å². The van der Waals surface area contributed by atoms with Crippen molar-refractivity contribution in [2.45, 2.75) is 52.4 Å². The summed E-state index contributed by atoms with van der Waals surface area (Å²) in [7, 11) is 0. The van der Waals surface area contributed by atoms with Gasteiger partial charge in [-0.15, -0.1) is 0 Å². The van der Waals surface area contributed by atoms with E-state index in [1.165, 1.54) is 0 Å². The van der Waals surface area contributed by atoms with E-state index < -0.39 is 17.8 Å². The molecule has 2 aliphatic carbocycles. The third kappa shape index (κ3) is 3.04. The average molecular weight is 318 g/mol. The first-order chi connectivity index (χ1) is 11.0. The van der Waals surface area contributed by atoms with Gasteiger partial charge >= 0.3 is 0 Å². The summed E-state index contributed by atoms with van der Waals surface area (Å²) in [6.45, 7) is 17.6. The van der Waals surface area contributed by atoms with Crippen molar-refractivity contribution in [3.8, 4) is 0 Å². The normalized spacial score (nSPS) is 26.1. The van der Waals surface area contributed by atoms with Crippen LogP contribution in [0.4, 0.5) is 8.78 Å². The lowest BCUT2D eigenvalue weighted by Gasteiger charge is -2.18. The number of hydrogen-bond acceptors (Lipinski definition) is 0. The number of hydrogen-bond donors (Lipinski definition) is 0. The monoisotopic (exact) mass is 318 g/mol. The van der Waals surface area contributed by atoms with Gasteiger partial charge in [-0.3, -0.25) is 0 Å². The summed E-state index contributed by atoms with van der Waals surface area (Å²) >= 11 is 0. The molecule has 0 N–H and O–H groups in total. The maximum Gasteiger partial charge on any atom is 0.263 e. The Morgan fingerprint density at radius 1 is 0.870 bits per heavy atom. The van der Waals surface area contributed by atoms with Gasteiger partial charge in [0.1, 0.15) is 0 Å². The van der Waals surface area contributed by atoms with E-state index in [-0.39, 0.29) is 5.92 Å². The van der Waals surface area contributed by atoms with Crippen LogP contribution in [0.5, 0.6) is 0 Å². The molecule has 1 fully saturated rings. The van der Waals surface area contributed by atoms with E-state index >= 15 is 0 Å². The van der Waals surface area contributed by atoms with Crippen LogP contribution in [-0.2, 0) is 0 Å². The summed E-state index contributed by atoms with van der Waals surface area (Å²) < 4.78 is 28.2. The number of rotatable bonds is 2. The van der Waals surface area contributed by atoms with Crippen molar-refractivity contribution in [3.05, 3.63) is 71.8 Å². The van der Waals surface area contributed by atoms with E-state index in [1.54, 1.807) is 12.2 Å². The van der Waals surface area contributed by atoms with Gasteiger partial charge in [-0.1, -0.05) is 84.2 Å². The van der Waals surface area contributed by atoms with Gasteiger partial charge in [0.15, 0.2) is 0 Å². The molecule has 3 atom stereocenters. The molecule has 0 saturated heterocycles. The molecule has 2 unspecified atom stereocenters. The molecule has 0 amide bonds. The Labute approximate surface area is 139 Å². The Morgan fingerprint density at radius 2 is 1.35 bits per heavy atom. The summed E-state index contributed by atoms with van der Waals surface area (Å²) in [5.41, 5.74) is 3.31. The summed E-state index contributed by atoms with van der Waals surface area (Å²) in [6.07, 6.45) is 3.28. The van der Waals surface area contributed by atoms with Crippen LogP contribution in [0.1, 0.15) is 57.6 Å². The summed E-state index contributed by atoms with van der Waals surface area (Å²) in [4.78, 5) is 0. The summed E-state index contributed by atoms with van der Waals surface area (Å²) in [6, 6.07) is 7.52. The molecule has 0 spiro atoms. The molecule has 1 aromatic carbocycles. The van der Waals surface area contributed by atoms with Gasteiger partial charge in [-0.2, -0.15) is 0 Å². The van der Waals surface area contributed by atoms with E-state index in [0.29, 0.717) is 5.57 Å². The number of allylic oxidation sites excluding steroid dienone is 4. The minimum atomic E-state index is -2.66. The molecule has 0 bridgehead atoms. The molecule has 2 aliphatic rings. The van der Waals surface area contributed by atoms with Crippen molar-refractivity contribution < 1.29 is 8.78 Å². The van der Waals surface area contributed by atoms with Gasteiger partial charge in [0.25, 0.3) is 5.92 Å². The number of fused-ring (bicyclic) bond motifs is 3. The molecule has 0 aromatic heterocycles. The van der Waals surface area contributed by atoms with Crippen LogP contribution >= 0.6 is 0 Å². The fourth-order valence-corrected chi connectivity index (χ4v) is 3.43. The van der Waals surface area contributed by atoms with Crippen LogP contribution in [0.2, 0.25) is 0 Å². The quantitative estimate of drug-likeness (QED) is 0.558. The highest BCUT2D eigenvalue weighted by atomic mass is 19.3. The topological polar surface area (TPSA) is 0 Å². The predicted octanol–water partition coefficient (Wildman–Crippen LogP) is 6.87. The first-order valence-electron chi connectivity index (χ1n) is 8.49. The SMILES string of the molecule is C=CC1=C(C=C)[C@H](C)c2ccccc2C2C1C2(F)F.CC.CC. The highest BCUT2D eigenvalue weighted by Crippen LogP contribution is 2.68.